The molecule has 3 aromatic carbocycles. The van der Waals surface area contributed by atoms with Crippen molar-refractivity contribution < 1.29 is 9.59 Å². The molecule has 0 aliphatic carbocycles. The summed E-state index contributed by atoms with van der Waals surface area (Å²) in [6, 6.07) is 21.5. The number of fused-ring (bicyclic) bond motifs is 2. The molecule has 5 rings (SSSR count). The zero-order chi connectivity index (χ0) is 21.6. The van der Waals surface area contributed by atoms with E-state index < -0.39 is 5.54 Å². The van der Waals surface area contributed by atoms with Crippen molar-refractivity contribution in [1.29, 1.82) is 0 Å². The van der Waals surface area contributed by atoms with Crippen LogP contribution in [0.1, 0.15) is 17.5 Å². The number of aromatic nitrogens is 1. The number of amides is 3. The number of nitrogens with zero attached hydrogens (tertiary/aromatic N) is 3. The van der Waals surface area contributed by atoms with Crippen LogP contribution < -0.4 is 5.32 Å². The first kappa shape index (κ1) is 19.7. The van der Waals surface area contributed by atoms with Gasteiger partial charge in [-0.3, -0.25) is 9.69 Å². The van der Waals surface area contributed by atoms with Crippen LogP contribution in [0.3, 0.4) is 0 Å². The van der Waals surface area contributed by atoms with Gasteiger partial charge in [0.25, 0.3) is 5.91 Å². The van der Waals surface area contributed by atoms with Crippen LogP contribution in [0.2, 0.25) is 0 Å². The number of imide groups is 1. The van der Waals surface area contributed by atoms with E-state index in [-0.39, 0.29) is 18.6 Å². The lowest BCUT2D eigenvalue weighted by Gasteiger charge is -2.24. The number of nitrogens with one attached hydrogen (secondary N) is 1. The van der Waals surface area contributed by atoms with E-state index in [0.717, 1.165) is 31.6 Å². The summed E-state index contributed by atoms with van der Waals surface area (Å²) in [4.78, 5) is 33.9. The van der Waals surface area contributed by atoms with Crippen LogP contribution in [-0.4, -0.2) is 40.4 Å². The van der Waals surface area contributed by atoms with Gasteiger partial charge in [0.1, 0.15) is 10.5 Å². The second kappa shape index (κ2) is 7.44. The molecule has 1 aromatic heterocycles. The molecule has 1 fully saturated rings. The van der Waals surface area contributed by atoms with Gasteiger partial charge in [0, 0.05) is 0 Å². The summed E-state index contributed by atoms with van der Waals surface area (Å²) in [5, 5.41) is 5.98. The topological polar surface area (TPSA) is 65.5 Å². The molecule has 1 aliphatic rings. The summed E-state index contributed by atoms with van der Waals surface area (Å²) in [6.45, 7) is 2.53. The monoisotopic (exact) mass is 430 g/mol. The molecule has 1 unspecified atom stereocenters. The Hall–Kier alpha value is -3.29. The molecule has 0 saturated carbocycles. The van der Waals surface area contributed by atoms with E-state index in [9.17, 15) is 9.59 Å². The smallest absolute Gasteiger partial charge is 0.319 e. The summed E-state index contributed by atoms with van der Waals surface area (Å²) < 4.78 is 1.13. The molecule has 3 amide bonds. The quantitative estimate of drug-likeness (QED) is 0.479. The molecule has 6 nitrogen and oxygen atoms in total. The second-order valence-corrected chi connectivity index (χ2v) is 9.20. The van der Waals surface area contributed by atoms with Gasteiger partial charge in [-0.05, 0) is 48.5 Å². The predicted octanol–water partition coefficient (Wildman–Crippen LogP) is 4.31. The zero-order valence-electron chi connectivity index (χ0n) is 17.3. The van der Waals surface area contributed by atoms with E-state index >= 15 is 0 Å². The fourth-order valence-electron chi connectivity index (χ4n) is 4.03. The lowest BCUT2D eigenvalue weighted by Crippen LogP contribution is -2.42. The molecule has 156 valence electrons. The number of thiazole rings is 1. The van der Waals surface area contributed by atoms with E-state index in [1.807, 2.05) is 78.7 Å². The first-order valence-corrected chi connectivity index (χ1v) is 10.9. The molecule has 0 spiro atoms. The number of carbonyl (C=O) groups excluding carboxylic acids is 2. The molecule has 7 heteroatoms. The van der Waals surface area contributed by atoms with Gasteiger partial charge in [0.2, 0.25) is 0 Å². The van der Waals surface area contributed by atoms with E-state index in [0.29, 0.717) is 6.54 Å². The minimum absolute atomic E-state index is 0.198. The predicted molar refractivity (Wildman–Crippen MR) is 123 cm³/mol. The van der Waals surface area contributed by atoms with Gasteiger partial charge in [-0.2, -0.15) is 0 Å². The van der Waals surface area contributed by atoms with Crippen molar-refractivity contribution >= 4 is 44.3 Å². The second-order valence-electron chi connectivity index (χ2n) is 8.08. The highest BCUT2D eigenvalue weighted by molar-refractivity contribution is 7.18. The van der Waals surface area contributed by atoms with Crippen molar-refractivity contribution in [3.8, 4) is 0 Å². The number of hydrogen-bond donors (Lipinski definition) is 1. The number of benzene rings is 3. The molecule has 4 aromatic rings. The third-order valence-electron chi connectivity index (χ3n) is 5.73. The van der Waals surface area contributed by atoms with Crippen molar-refractivity contribution in [2.75, 3.05) is 13.7 Å². The van der Waals surface area contributed by atoms with Crippen molar-refractivity contribution in [2.45, 2.75) is 19.0 Å². The minimum atomic E-state index is -1.09. The molecule has 1 aliphatic heterocycles. The van der Waals surface area contributed by atoms with Crippen LogP contribution >= 0.6 is 11.3 Å². The standard InChI is InChI=1S/C24H22N4O2S/c1-24(18-12-11-16-7-3-4-8-17(16)13-18)22(29)28(23(30)26-24)15-27(2)14-21-25-19-9-5-6-10-20(19)31-21/h3-13H,14-15H2,1-2H3,(H,26,30). The molecule has 0 radical (unpaired) electrons. The van der Waals surface area contributed by atoms with Gasteiger partial charge in [-0.15, -0.1) is 11.3 Å². The normalized spacial score (nSPS) is 19.0. The summed E-state index contributed by atoms with van der Waals surface area (Å²) in [7, 11) is 1.89. The highest BCUT2D eigenvalue weighted by atomic mass is 32.1. The zero-order valence-corrected chi connectivity index (χ0v) is 18.1. The molecule has 1 saturated heterocycles. The number of para-hydroxylation sites is 1. The van der Waals surface area contributed by atoms with Gasteiger partial charge in [0.05, 0.1) is 23.4 Å². The van der Waals surface area contributed by atoms with E-state index in [2.05, 4.69) is 10.3 Å². The number of urea groups is 1. The number of rotatable bonds is 5. The highest BCUT2D eigenvalue weighted by Crippen LogP contribution is 2.31. The minimum Gasteiger partial charge on any atom is -0.319 e. The SMILES string of the molecule is CN(Cc1nc2ccccc2s1)CN1C(=O)NC(C)(c2ccc3ccccc3c2)C1=O. The van der Waals surface area contributed by atoms with E-state index in [1.54, 1.807) is 18.3 Å². The Morgan fingerprint density at radius 3 is 2.58 bits per heavy atom. The van der Waals surface area contributed by atoms with Gasteiger partial charge in [-0.25, -0.2) is 14.7 Å². The van der Waals surface area contributed by atoms with Crippen molar-refractivity contribution in [1.82, 2.24) is 20.1 Å². The Kier molecular flexibility index (Phi) is 4.72. The lowest BCUT2D eigenvalue weighted by atomic mass is 9.90. The summed E-state index contributed by atoms with van der Waals surface area (Å²) in [5.41, 5.74) is 0.660. The molecule has 1 N–H and O–H groups in total. The van der Waals surface area contributed by atoms with Crippen LogP contribution in [0, 0.1) is 0 Å². The average Bonchev–Trinajstić information content (AvgIpc) is 3.27. The fraction of sp³-hybridized carbons (Fsp3) is 0.208. The third kappa shape index (κ3) is 3.45. The van der Waals surface area contributed by atoms with Gasteiger partial charge in [0.15, 0.2) is 0 Å². The Bertz CT molecular complexity index is 1280. The Morgan fingerprint density at radius 2 is 1.77 bits per heavy atom. The van der Waals surface area contributed by atoms with Gasteiger partial charge in [-0.1, -0.05) is 48.5 Å². The van der Waals surface area contributed by atoms with Crippen LogP contribution in [0.4, 0.5) is 4.79 Å². The van der Waals surface area contributed by atoms with E-state index in [4.69, 9.17) is 0 Å². The highest BCUT2D eigenvalue weighted by Gasteiger charge is 2.49. The maximum Gasteiger partial charge on any atom is 0.326 e. The number of carbonyl (C=O) groups is 2. The van der Waals surface area contributed by atoms with Crippen LogP contribution in [0.5, 0.6) is 0 Å². The third-order valence-corrected chi connectivity index (χ3v) is 6.75. The van der Waals surface area contributed by atoms with Crippen LogP contribution in [0.25, 0.3) is 21.0 Å². The summed E-state index contributed by atoms with van der Waals surface area (Å²) in [5.74, 6) is -0.246. The lowest BCUT2D eigenvalue weighted by molar-refractivity contribution is -0.132. The average molecular weight is 431 g/mol. The van der Waals surface area contributed by atoms with Gasteiger partial charge < -0.3 is 5.32 Å². The van der Waals surface area contributed by atoms with Crippen molar-refractivity contribution in [3.05, 3.63) is 77.3 Å². The van der Waals surface area contributed by atoms with Gasteiger partial charge >= 0.3 is 6.03 Å². The van der Waals surface area contributed by atoms with Crippen LogP contribution in [0.15, 0.2) is 66.7 Å². The maximum atomic E-state index is 13.3. The molecule has 31 heavy (non-hydrogen) atoms. The number of hydrogen-bond acceptors (Lipinski definition) is 5. The molecular weight excluding hydrogens is 408 g/mol. The molecule has 0 bridgehead atoms. The summed E-state index contributed by atoms with van der Waals surface area (Å²) >= 11 is 1.63. The molecular formula is C24H22N4O2S. The summed E-state index contributed by atoms with van der Waals surface area (Å²) in [6.07, 6.45) is 0. The molecule has 1 atom stereocenters. The first-order valence-electron chi connectivity index (χ1n) is 10.1. The van der Waals surface area contributed by atoms with Crippen molar-refractivity contribution in [3.63, 3.8) is 0 Å². The fourth-order valence-corrected chi connectivity index (χ4v) is 5.08. The molecule has 2 heterocycles. The maximum absolute atomic E-state index is 13.3. The first-order chi connectivity index (χ1) is 14.9. The Morgan fingerprint density at radius 1 is 1.03 bits per heavy atom. The Balaban J connectivity index is 1.35. The van der Waals surface area contributed by atoms with E-state index in [1.165, 1.54) is 4.90 Å². The Labute approximate surface area is 184 Å². The van der Waals surface area contributed by atoms with Crippen LogP contribution in [-0.2, 0) is 16.9 Å². The largest absolute Gasteiger partial charge is 0.326 e. The van der Waals surface area contributed by atoms with Crippen molar-refractivity contribution in [2.24, 2.45) is 0 Å².